The monoisotopic (exact) mass is 285 g/mol. The summed E-state index contributed by atoms with van der Waals surface area (Å²) in [6, 6.07) is 5.16. The maximum absolute atomic E-state index is 13.5. The number of benzene rings is 1. The van der Waals surface area contributed by atoms with Crippen LogP contribution in [0.3, 0.4) is 0 Å². The highest BCUT2D eigenvalue weighted by Crippen LogP contribution is 2.39. The van der Waals surface area contributed by atoms with Crippen molar-refractivity contribution >= 4 is 11.6 Å². The lowest BCUT2D eigenvalue weighted by atomic mass is 9.72. The first-order chi connectivity index (χ1) is 9.13. The molecule has 2 rings (SSSR count). The number of ether oxygens (including phenoxy) is 1. The fraction of sp³-hybridized carbons (Fsp3) is 0.600. The smallest absolute Gasteiger partial charge is 0.142 e. The number of methoxy groups -OCH3 is 1. The van der Waals surface area contributed by atoms with Crippen LogP contribution in [0.5, 0.6) is 0 Å². The molecule has 1 fully saturated rings. The molecule has 1 N–H and O–H groups in total. The predicted molar refractivity (Wildman–Crippen MR) is 76.2 cm³/mol. The molecule has 0 bridgehead atoms. The molecule has 1 aliphatic carbocycles. The summed E-state index contributed by atoms with van der Waals surface area (Å²) in [4.78, 5) is 0. The van der Waals surface area contributed by atoms with Crippen LogP contribution in [0.1, 0.15) is 31.7 Å². The van der Waals surface area contributed by atoms with Crippen LogP contribution in [0.25, 0.3) is 0 Å². The number of likely N-dealkylation sites (N-methyl/N-ethyl adjacent to an activating group) is 1. The summed E-state index contributed by atoms with van der Waals surface area (Å²) in [5.74, 6) is -0.352. The Morgan fingerprint density at radius 2 is 2.21 bits per heavy atom. The molecule has 1 unspecified atom stereocenters. The molecule has 1 saturated carbocycles. The Labute approximate surface area is 119 Å². The number of halogens is 2. The molecular formula is C15H21ClFNO. The van der Waals surface area contributed by atoms with Crippen molar-refractivity contribution in [2.45, 2.75) is 44.2 Å². The van der Waals surface area contributed by atoms with Gasteiger partial charge in [0.15, 0.2) is 0 Å². The maximum atomic E-state index is 13.5. The fourth-order valence-corrected chi connectivity index (χ4v) is 3.04. The van der Waals surface area contributed by atoms with Crippen molar-refractivity contribution in [1.82, 2.24) is 5.32 Å². The third kappa shape index (κ3) is 2.93. The van der Waals surface area contributed by atoms with Gasteiger partial charge in [-0.25, -0.2) is 4.39 Å². The molecule has 0 amide bonds. The van der Waals surface area contributed by atoms with Crippen molar-refractivity contribution in [2.75, 3.05) is 13.7 Å². The van der Waals surface area contributed by atoms with Crippen LogP contribution in [0.15, 0.2) is 18.2 Å². The fourth-order valence-electron chi connectivity index (χ4n) is 2.84. The number of hydrogen-bond acceptors (Lipinski definition) is 2. The maximum Gasteiger partial charge on any atom is 0.142 e. The van der Waals surface area contributed by atoms with Crippen molar-refractivity contribution in [3.05, 3.63) is 34.6 Å². The Kier molecular flexibility index (Phi) is 4.82. The van der Waals surface area contributed by atoms with Crippen molar-refractivity contribution in [3.8, 4) is 0 Å². The highest BCUT2D eigenvalue weighted by molar-refractivity contribution is 6.31. The molecule has 0 radical (unpaired) electrons. The van der Waals surface area contributed by atoms with E-state index in [9.17, 15) is 4.39 Å². The molecule has 1 atom stereocenters. The minimum absolute atomic E-state index is 0.119. The van der Waals surface area contributed by atoms with Gasteiger partial charge in [-0.2, -0.15) is 0 Å². The number of rotatable bonds is 6. The standard InChI is InChI=1S/C15H21ClFNO/c1-3-18-13(15(19-2)8-5-9-15)10-11-6-4-7-12(17)14(11)16/h4,6-7,13,18H,3,5,8-10H2,1-2H3. The number of nitrogens with one attached hydrogen (secondary N) is 1. The Balaban J connectivity index is 2.19. The number of hydrogen-bond donors (Lipinski definition) is 1. The molecule has 1 aromatic rings. The summed E-state index contributed by atoms with van der Waals surface area (Å²) < 4.78 is 19.2. The van der Waals surface area contributed by atoms with E-state index in [2.05, 4.69) is 12.2 Å². The van der Waals surface area contributed by atoms with Crippen LogP contribution in [-0.4, -0.2) is 25.3 Å². The average molecular weight is 286 g/mol. The van der Waals surface area contributed by atoms with Gasteiger partial charge in [-0.3, -0.25) is 0 Å². The third-order valence-electron chi connectivity index (χ3n) is 4.15. The molecule has 0 saturated heterocycles. The van der Waals surface area contributed by atoms with Crippen molar-refractivity contribution in [2.24, 2.45) is 0 Å². The van der Waals surface area contributed by atoms with Gasteiger partial charge in [-0.1, -0.05) is 30.7 Å². The van der Waals surface area contributed by atoms with Gasteiger partial charge in [0.05, 0.1) is 10.6 Å². The molecule has 1 aliphatic rings. The highest BCUT2D eigenvalue weighted by Gasteiger charge is 2.44. The van der Waals surface area contributed by atoms with E-state index in [4.69, 9.17) is 16.3 Å². The van der Waals surface area contributed by atoms with Gasteiger partial charge in [0.25, 0.3) is 0 Å². The van der Waals surface area contributed by atoms with Gasteiger partial charge in [-0.05, 0) is 43.9 Å². The normalized spacial score (nSPS) is 18.9. The summed E-state index contributed by atoms with van der Waals surface area (Å²) >= 11 is 6.05. The predicted octanol–water partition coefficient (Wildman–Crippen LogP) is 3.57. The lowest BCUT2D eigenvalue weighted by molar-refractivity contribution is -0.0978. The van der Waals surface area contributed by atoms with Crippen LogP contribution < -0.4 is 5.32 Å². The average Bonchev–Trinajstić information content (AvgIpc) is 2.34. The summed E-state index contributed by atoms with van der Waals surface area (Å²) in [6.45, 7) is 2.94. The van der Waals surface area contributed by atoms with Gasteiger partial charge in [0, 0.05) is 13.2 Å². The summed E-state index contributed by atoms with van der Waals surface area (Å²) in [7, 11) is 1.76. The Morgan fingerprint density at radius 3 is 2.74 bits per heavy atom. The van der Waals surface area contributed by atoms with Gasteiger partial charge in [0.1, 0.15) is 5.82 Å². The molecule has 0 heterocycles. The first-order valence-corrected chi connectivity index (χ1v) is 7.22. The molecule has 0 spiro atoms. The van der Waals surface area contributed by atoms with Crippen molar-refractivity contribution in [1.29, 1.82) is 0 Å². The molecule has 4 heteroatoms. The van der Waals surface area contributed by atoms with Crippen molar-refractivity contribution in [3.63, 3.8) is 0 Å². The Morgan fingerprint density at radius 1 is 1.47 bits per heavy atom. The first kappa shape index (κ1) is 14.8. The molecule has 1 aromatic carbocycles. The van der Waals surface area contributed by atoms with Crippen LogP contribution >= 0.6 is 11.6 Å². The van der Waals surface area contributed by atoms with E-state index in [1.165, 1.54) is 12.5 Å². The van der Waals surface area contributed by atoms with E-state index in [-0.39, 0.29) is 22.5 Å². The SMILES string of the molecule is CCNC(Cc1cccc(F)c1Cl)C1(OC)CCC1. The summed E-state index contributed by atoms with van der Waals surface area (Å²) in [5.41, 5.74) is 0.724. The molecule has 19 heavy (non-hydrogen) atoms. The van der Waals surface area contributed by atoms with Crippen LogP contribution in [0.4, 0.5) is 4.39 Å². The van der Waals surface area contributed by atoms with E-state index in [1.54, 1.807) is 13.2 Å². The van der Waals surface area contributed by atoms with Crippen LogP contribution in [-0.2, 0) is 11.2 Å². The van der Waals surface area contributed by atoms with Gasteiger partial charge >= 0.3 is 0 Å². The quantitative estimate of drug-likeness (QED) is 0.863. The van der Waals surface area contributed by atoms with E-state index in [0.29, 0.717) is 6.42 Å². The minimum Gasteiger partial charge on any atom is -0.377 e. The highest BCUT2D eigenvalue weighted by atomic mass is 35.5. The molecule has 106 valence electrons. The zero-order valence-corrected chi connectivity index (χ0v) is 12.3. The zero-order chi connectivity index (χ0) is 13.9. The van der Waals surface area contributed by atoms with Gasteiger partial charge in [0.2, 0.25) is 0 Å². The summed E-state index contributed by atoms with van der Waals surface area (Å²) in [6.07, 6.45) is 3.98. The largest absolute Gasteiger partial charge is 0.377 e. The molecule has 0 aromatic heterocycles. The Hall–Kier alpha value is -0.640. The molecule has 2 nitrogen and oxygen atoms in total. The van der Waals surface area contributed by atoms with Crippen LogP contribution in [0.2, 0.25) is 5.02 Å². The lowest BCUT2D eigenvalue weighted by Gasteiger charge is -2.47. The minimum atomic E-state index is -0.352. The van der Waals surface area contributed by atoms with E-state index in [1.807, 2.05) is 6.07 Å². The lowest BCUT2D eigenvalue weighted by Crippen LogP contribution is -2.57. The van der Waals surface area contributed by atoms with Gasteiger partial charge < -0.3 is 10.1 Å². The van der Waals surface area contributed by atoms with E-state index >= 15 is 0 Å². The van der Waals surface area contributed by atoms with Crippen molar-refractivity contribution < 1.29 is 9.13 Å². The second kappa shape index (κ2) is 6.21. The third-order valence-corrected chi connectivity index (χ3v) is 4.57. The first-order valence-electron chi connectivity index (χ1n) is 6.84. The van der Waals surface area contributed by atoms with E-state index < -0.39 is 0 Å². The zero-order valence-electron chi connectivity index (χ0n) is 11.5. The second-order valence-electron chi connectivity index (χ2n) is 5.15. The summed E-state index contributed by atoms with van der Waals surface area (Å²) in [5, 5.41) is 3.70. The Bertz CT molecular complexity index is 429. The van der Waals surface area contributed by atoms with Gasteiger partial charge in [-0.15, -0.1) is 0 Å². The second-order valence-corrected chi connectivity index (χ2v) is 5.53. The topological polar surface area (TPSA) is 21.3 Å². The van der Waals surface area contributed by atoms with E-state index in [0.717, 1.165) is 24.9 Å². The molecular weight excluding hydrogens is 265 g/mol. The van der Waals surface area contributed by atoms with Crippen LogP contribution in [0, 0.1) is 5.82 Å². The molecule has 0 aliphatic heterocycles.